The largest absolute Gasteiger partial charge is 0.314 e. The molecule has 1 saturated carbocycles. The van der Waals surface area contributed by atoms with Gasteiger partial charge in [0.2, 0.25) is 0 Å². The quantitative estimate of drug-likeness (QED) is 0.761. The summed E-state index contributed by atoms with van der Waals surface area (Å²) in [6, 6.07) is 11.5. The highest BCUT2D eigenvalue weighted by Crippen LogP contribution is 2.32. The minimum absolute atomic E-state index is 0.257. The van der Waals surface area contributed by atoms with Gasteiger partial charge in [-0.15, -0.1) is 0 Å². The van der Waals surface area contributed by atoms with E-state index < -0.39 is 0 Å². The molecule has 100 valence electrons. The summed E-state index contributed by atoms with van der Waals surface area (Å²) in [5.74, 6) is 1.03. The van der Waals surface area contributed by atoms with Gasteiger partial charge < -0.3 is 5.32 Å². The van der Waals surface area contributed by atoms with E-state index in [-0.39, 0.29) is 5.41 Å². The van der Waals surface area contributed by atoms with E-state index in [1.807, 2.05) is 0 Å². The van der Waals surface area contributed by atoms with Crippen LogP contribution < -0.4 is 5.32 Å². The smallest absolute Gasteiger partial charge is 0.00470 e. The van der Waals surface area contributed by atoms with E-state index >= 15 is 0 Å². The second kappa shape index (κ2) is 5.88. The minimum Gasteiger partial charge on any atom is -0.314 e. The Morgan fingerprint density at radius 1 is 1.22 bits per heavy atom. The lowest BCUT2D eigenvalue weighted by atomic mass is 9.79. The molecular weight excluding hydrogens is 218 g/mol. The first-order chi connectivity index (χ1) is 8.58. The zero-order valence-corrected chi connectivity index (χ0v) is 12.1. The third-order valence-electron chi connectivity index (χ3n) is 4.11. The van der Waals surface area contributed by atoms with Gasteiger partial charge in [0.05, 0.1) is 0 Å². The second-order valence-corrected chi connectivity index (χ2v) is 6.54. The fourth-order valence-corrected chi connectivity index (χ4v) is 2.79. The van der Waals surface area contributed by atoms with Crippen molar-refractivity contribution in [2.24, 2.45) is 5.92 Å². The summed E-state index contributed by atoms with van der Waals surface area (Å²) < 4.78 is 0. The van der Waals surface area contributed by atoms with Crippen LogP contribution in [0.3, 0.4) is 0 Å². The van der Waals surface area contributed by atoms with Gasteiger partial charge in [-0.05, 0) is 43.2 Å². The lowest BCUT2D eigenvalue weighted by Gasteiger charge is -2.29. The molecule has 1 nitrogen and oxygen atoms in total. The molecule has 1 aromatic carbocycles. The summed E-state index contributed by atoms with van der Waals surface area (Å²) in [4.78, 5) is 0. The molecule has 0 saturated heterocycles. The van der Waals surface area contributed by atoms with Crippen LogP contribution in [0.4, 0.5) is 0 Å². The molecule has 1 atom stereocenters. The van der Waals surface area contributed by atoms with E-state index in [2.05, 4.69) is 56.4 Å². The normalized spacial score (nSPS) is 17.7. The van der Waals surface area contributed by atoms with Crippen LogP contribution in [-0.4, -0.2) is 12.6 Å². The van der Waals surface area contributed by atoms with Crippen molar-refractivity contribution in [3.8, 4) is 0 Å². The molecule has 0 aromatic heterocycles. The van der Waals surface area contributed by atoms with Gasteiger partial charge in [-0.25, -0.2) is 0 Å². The number of hydrogen-bond acceptors (Lipinski definition) is 1. The number of benzene rings is 1. The van der Waals surface area contributed by atoms with Crippen LogP contribution >= 0.6 is 0 Å². The molecule has 0 amide bonds. The minimum atomic E-state index is 0.257. The Morgan fingerprint density at radius 2 is 1.89 bits per heavy atom. The predicted molar refractivity (Wildman–Crippen MR) is 78.9 cm³/mol. The Labute approximate surface area is 112 Å². The standard InChI is InChI=1S/C17H27N/c1-14(18-12-11-15-9-10-15)13-17(2,3)16-7-5-4-6-8-16/h4-8,14-15,18H,9-13H2,1-3H3. The first-order valence-electron chi connectivity index (χ1n) is 7.37. The Hall–Kier alpha value is -0.820. The highest BCUT2D eigenvalue weighted by Gasteiger charge is 2.24. The third-order valence-corrected chi connectivity index (χ3v) is 4.11. The molecule has 1 aliphatic carbocycles. The summed E-state index contributed by atoms with van der Waals surface area (Å²) >= 11 is 0. The maximum absolute atomic E-state index is 3.68. The fraction of sp³-hybridized carbons (Fsp3) is 0.647. The maximum Gasteiger partial charge on any atom is 0.00470 e. The van der Waals surface area contributed by atoms with Gasteiger partial charge in [-0.2, -0.15) is 0 Å². The summed E-state index contributed by atoms with van der Waals surface area (Å²) in [5, 5.41) is 3.68. The summed E-state index contributed by atoms with van der Waals surface area (Å²) in [7, 11) is 0. The molecule has 2 rings (SSSR count). The molecular formula is C17H27N. The molecule has 1 fully saturated rings. The van der Waals surface area contributed by atoms with E-state index in [0.717, 1.165) is 5.92 Å². The van der Waals surface area contributed by atoms with Crippen molar-refractivity contribution in [2.75, 3.05) is 6.54 Å². The average Bonchev–Trinajstić information content (AvgIpc) is 3.13. The van der Waals surface area contributed by atoms with E-state index in [1.54, 1.807) is 0 Å². The van der Waals surface area contributed by atoms with E-state index in [9.17, 15) is 0 Å². The van der Waals surface area contributed by atoms with Crippen molar-refractivity contribution in [1.82, 2.24) is 5.32 Å². The van der Waals surface area contributed by atoms with Crippen molar-refractivity contribution in [2.45, 2.75) is 57.9 Å². The molecule has 1 aliphatic rings. The molecule has 0 bridgehead atoms. The molecule has 0 heterocycles. The lowest BCUT2D eigenvalue weighted by Crippen LogP contribution is -2.34. The van der Waals surface area contributed by atoms with Crippen LogP contribution in [0, 0.1) is 5.92 Å². The highest BCUT2D eigenvalue weighted by atomic mass is 14.9. The molecule has 1 heteroatoms. The summed E-state index contributed by atoms with van der Waals surface area (Å²) in [6.45, 7) is 8.21. The van der Waals surface area contributed by atoms with Gasteiger partial charge >= 0.3 is 0 Å². The Balaban J connectivity index is 1.78. The topological polar surface area (TPSA) is 12.0 Å². The van der Waals surface area contributed by atoms with E-state index in [0.29, 0.717) is 6.04 Å². The number of nitrogens with one attached hydrogen (secondary N) is 1. The number of rotatable bonds is 7. The van der Waals surface area contributed by atoms with E-state index in [1.165, 1.54) is 37.8 Å². The molecule has 0 aliphatic heterocycles. The monoisotopic (exact) mass is 245 g/mol. The van der Waals surface area contributed by atoms with Gasteiger partial charge in [-0.1, -0.05) is 57.0 Å². The van der Waals surface area contributed by atoms with Crippen LogP contribution in [0.5, 0.6) is 0 Å². The summed E-state index contributed by atoms with van der Waals surface area (Å²) in [6.07, 6.45) is 5.49. The molecule has 1 unspecified atom stereocenters. The van der Waals surface area contributed by atoms with Crippen LogP contribution in [-0.2, 0) is 5.41 Å². The van der Waals surface area contributed by atoms with E-state index in [4.69, 9.17) is 0 Å². The number of hydrogen-bond donors (Lipinski definition) is 1. The van der Waals surface area contributed by atoms with Gasteiger partial charge in [0.15, 0.2) is 0 Å². The van der Waals surface area contributed by atoms with Crippen molar-refractivity contribution in [3.05, 3.63) is 35.9 Å². The predicted octanol–water partition coefficient (Wildman–Crippen LogP) is 4.13. The second-order valence-electron chi connectivity index (χ2n) is 6.54. The summed E-state index contributed by atoms with van der Waals surface area (Å²) in [5.41, 5.74) is 1.70. The maximum atomic E-state index is 3.68. The molecule has 18 heavy (non-hydrogen) atoms. The lowest BCUT2D eigenvalue weighted by molar-refractivity contribution is 0.385. The first kappa shape index (κ1) is 13.6. The van der Waals surface area contributed by atoms with Crippen LogP contribution in [0.15, 0.2) is 30.3 Å². The van der Waals surface area contributed by atoms with Crippen LogP contribution in [0.1, 0.15) is 52.0 Å². The van der Waals surface area contributed by atoms with Crippen molar-refractivity contribution in [3.63, 3.8) is 0 Å². The SMILES string of the molecule is CC(CC(C)(C)c1ccccc1)NCCC1CC1. The Kier molecular flexibility index (Phi) is 4.45. The van der Waals surface area contributed by atoms with Gasteiger partial charge in [0.25, 0.3) is 0 Å². The Morgan fingerprint density at radius 3 is 2.50 bits per heavy atom. The third kappa shape index (κ3) is 4.13. The van der Waals surface area contributed by atoms with Crippen LogP contribution in [0.2, 0.25) is 0 Å². The average molecular weight is 245 g/mol. The zero-order chi connectivity index (χ0) is 13.0. The van der Waals surface area contributed by atoms with Gasteiger partial charge in [-0.3, -0.25) is 0 Å². The first-order valence-corrected chi connectivity index (χ1v) is 7.37. The fourth-order valence-electron chi connectivity index (χ4n) is 2.79. The zero-order valence-electron chi connectivity index (χ0n) is 12.1. The highest BCUT2D eigenvalue weighted by molar-refractivity contribution is 5.23. The van der Waals surface area contributed by atoms with Gasteiger partial charge in [0, 0.05) is 6.04 Å². The Bertz CT molecular complexity index is 351. The van der Waals surface area contributed by atoms with Gasteiger partial charge in [0.1, 0.15) is 0 Å². The molecule has 1 N–H and O–H groups in total. The van der Waals surface area contributed by atoms with Crippen LogP contribution in [0.25, 0.3) is 0 Å². The van der Waals surface area contributed by atoms with Crippen molar-refractivity contribution < 1.29 is 0 Å². The van der Waals surface area contributed by atoms with Crippen molar-refractivity contribution >= 4 is 0 Å². The van der Waals surface area contributed by atoms with Crippen molar-refractivity contribution in [1.29, 1.82) is 0 Å². The molecule has 0 spiro atoms. The molecule has 0 radical (unpaired) electrons. The molecule has 1 aromatic rings.